The van der Waals surface area contributed by atoms with Gasteiger partial charge in [-0.2, -0.15) is 0 Å². The third kappa shape index (κ3) is 6.29. The van der Waals surface area contributed by atoms with Gasteiger partial charge in [-0.05, 0) is 43.7 Å². The Hall–Kier alpha value is -3.09. The van der Waals surface area contributed by atoms with Crippen LogP contribution in [0.4, 0.5) is 4.39 Å². The summed E-state index contributed by atoms with van der Waals surface area (Å²) in [5.41, 5.74) is 0.713. The summed E-state index contributed by atoms with van der Waals surface area (Å²) in [5, 5.41) is 5.26. The molecule has 7 heteroatoms. The van der Waals surface area contributed by atoms with E-state index in [1.165, 1.54) is 6.07 Å². The van der Waals surface area contributed by atoms with E-state index in [-0.39, 0.29) is 31.2 Å². The van der Waals surface area contributed by atoms with Crippen molar-refractivity contribution in [2.45, 2.75) is 13.8 Å². The number of ether oxygens (including phenoxy) is 2. The molecule has 0 aliphatic carbocycles. The highest BCUT2D eigenvalue weighted by atomic mass is 19.1. The Kier molecular flexibility index (Phi) is 7.61. The Morgan fingerprint density at radius 3 is 2.33 bits per heavy atom. The second kappa shape index (κ2) is 10.2. The summed E-state index contributed by atoms with van der Waals surface area (Å²) in [5.74, 6) is -0.0861. The quantitative estimate of drug-likeness (QED) is 0.661. The molecule has 0 aromatic heterocycles. The third-order valence-electron chi connectivity index (χ3n) is 3.67. The number of hydrogen-bond donors (Lipinski definition) is 2. The molecule has 0 aliphatic heterocycles. The Bertz CT molecular complexity index is 795. The van der Waals surface area contributed by atoms with Crippen molar-refractivity contribution in [3.63, 3.8) is 0 Å². The molecule has 0 atom stereocenters. The second-order valence-electron chi connectivity index (χ2n) is 5.74. The maximum atomic E-state index is 13.5. The summed E-state index contributed by atoms with van der Waals surface area (Å²) < 4.78 is 24.4. The normalized spacial score (nSPS) is 10.2. The van der Waals surface area contributed by atoms with E-state index in [4.69, 9.17) is 9.47 Å². The van der Waals surface area contributed by atoms with Crippen molar-refractivity contribution >= 4 is 11.8 Å². The third-order valence-corrected chi connectivity index (χ3v) is 3.67. The van der Waals surface area contributed by atoms with E-state index in [2.05, 4.69) is 10.6 Å². The first-order valence-corrected chi connectivity index (χ1v) is 8.67. The predicted octanol–water partition coefficient (Wildman–Crippen LogP) is 2.46. The fourth-order valence-electron chi connectivity index (χ4n) is 2.25. The number of rotatable bonds is 9. The molecule has 2 rings (SSSR count). The Balaban J connectivity index is 1.70. The van der Waals surface area contributed by atoms with Crippen LogP contribution >= 0.6 is 0 Å². The van der Waals surface area contributed by atoms with Crippen molar-refractivity contribution in [2.75, 3.05) is 26.3 Å². The zero-order chi connectivity index (χ0) is 19.6. The van der Waals surface area contributed by atoms with E-state index < -0.39 is 11.7 Å². The van der Waals surface area contributed by atoms with Crippen LogP contribution in [-0.2, 0) is 4.79 Å². The van der Waals surface area contributed by atoms with Gasteiger partial charge in [0.2, 0.25) is 0 Å². The van der Waals surface area contributed by atoms with Crippen molar-refractivity contribution in [2.24, 2.45) is 0 Å². The molecule has 6 nitrogen and oxygen atoms in total. The topological polar surface area (TPSA) is 76.7 Å². The summed E-state index contributed by atoms with van der Waals surface area (Å²) in [7, 11) is 0. The van der Waals surface area contributed by atoms with Crippen LogP contribution in [-0.4, -0.2) is 38.1 Å². The molecule has 0 aliphatic rings. The van der Waals surface area contributed by atoms with Crippen LogP contribution in [0.5, 0.6) is 11.5 Å². The lowest BCUT2D eigenvalue weighted by Gasteiger charge is -2.12. The lowest BCUT2D eigenvalue weighted by atomic mass is 10.1. The second-order valence-corrected chi connectivity index (χ2v) is 5.74. The van der Waals surface area contributed by atoms with Gasteiger partial charge in [0.1, 0.15) is 5.82 Å². The Morgan fingerprint density at radius 1 is 1.00 bits per heavy atom. The van der Waals surface area contributed by atoms with Crippen LogP contribution in [0.1, 0.15) is 22.8 Å². The first-order chi connectivity index (χ1) is 13.0. The Morgan fingerprint density at radius 2 is 1.67 bits per heavy atom. The van der Waals surface area contributed by atoms with E-state index >= 15 is 0 Å². The van der Waals surface area contributed by atoms with E-state index in [1.807, 2.05) is 13.0 Å². The molecule has 144 valence electrons. The number of carbonyl (C=O) groups is 2. The average molecular weight is 374 g/mol. The number of amides is 2. The van der Waals surface area contributed by atoms with Gasteiger partial charge >= 0.3 is 0 Å². The van der Waals surface area contributed by atoms with E-state index in [1.54, 1.807) is 37.3 Å². The molecule has 2 amide bonds. The van der Waals surface area contributed by atoms with Gasteiger partial charge in [-0.15, -0.1) is 0 Å². The highest BCUT2D eigenvalue weighted by molar-refractivity contribution is 5.94. The smallest absolute Gasteiger partial charge is 0.258 e. The summed E-state index contributed by atoms with van der Waals surface area (Å²) >= 11 is 0. The van der Waals surface area contributed by atoms with Crippen molar-refractivity contribution in [1.82, 2.24) is 10.6 Å². The van der Waals surface area contributed by atoms with Gasteiger partial charge in [0.25, 0.3) is 11.8 Å². The van der Waals surface area contributed by atoms with Gasteiger partial charge in [0, 0.05) is 18.7 Å². The van der Waals surface area contributed by atoms with Gasteiger partial charge in [-0.25, -0.2) is 4.39 Å². The SMILES string of the molecule is CCOc1ccccc1OCC(=O)NCCNC(=O)c1ccc(C)c(F)c1. The summed E-state index contributed by atoms with van der Waals surface area (Å²) in [6.45, 7) is 4.27. The van der Waals surface area contributed by atoms with E-state index in [9.17, 15) is 14.0 Å². The number of para-hydroxylation sites is 2. The number of halogens is 1. The van der Waals surface area contributed by atoms with Crippen LogP contribution < -0.4 is 20.1 Å². The van der Waals surface area contributed by atoms with Gasteiger partial charge < -0.3 is 20.1 Å². The lowest BCUT2D eigenvalue weighted by Crippen LogP contribution is -2.36. The molecule has 27 heavy (non-hydrogen) atoms. The fourth-order valence-corrected chi connectivity index (χ4v) is 2.25. The maximum Gasteiger partial charge on any atom is 0.258 e. The number of carbonyl (C=O) groups excluding carboxylic acids is 2. The zero-order valence-electron chi connectivity index (χ0n) is 15.4. The molecular formula is C20H23FN2O4. The summed E-state index contributed by atoms with van der Waals surface area (Å²) in [6.07, 6.45) is 0. The molecular weight excluding hydrogens is 351 g/mol. The fraction of sp³-hybridized carbons (Fsp3) is 0.300. The standard InChI is InChI=1S/C20H23FN2O4/c1-3-26-17-6-4-5-7-18(17)27-13-19(24)22-10-11-23-20(25)15-9-8-14(2)16(21)12-15/h4-9,12H,3,10-11,13H2,1-2H3,(H,22,24)(H,23,25). The number of hydrogen-bond acceptors (Lipinski definition) is 4. The first-order valence-electron chi connectivity index (χ1n) is 8.67. The van der Waals surface area contributed by atoms with E-state index in [0.717, 1.165) is 0 Å². The highest BCUT2D eigenvalue weighted by Crippen LogP contribution is 2.26. The van der Waals surface area contributed by atoms with Gasteiger partial charge in [-0.1, -0.05) is 18.2 Å². The van der Waals surface area contributed by atoms with Crippen molar-refractivity contribution < 1.29 is 23.5 Å². The molecule has 0 bridgehead atoms. The minimum absolute atomic E-state index is 0.165. The minimum Gasteiger partial charge on any atom is -0.490 e. The number of benzene rings is 2. The van der Waals surface area contributed by atoms with Crippen molar-refractivity contribution in [3.05, 3.63) is 59.4 Å². The van der Waals surface area contributed by atoms with Crippen LogP contribution in [0.2, 0.25) is 0 Å². The largest absolute Gasteiger partial charge is 0.490 e. The molecule has 0 spiro atoms. The summed E-state index contributed by atoms with van der Waals surface area (Å²) in [6, 6.07) is 11.4. The van der Waals surface area contributed by atoms with Crippen molar-refractivity contribution in [3.8, 4) is 11.5 Å². The van der Waals surface area contributed by atoms with Crippen LogP contribution in [0.25, 0.3) is 0 Å². The minimum atomic E-state index is -0.430. The van der Waals surface area contributed by atoms with Crippen LogP contribution in [0.3, 0.4) is 0 Å². The zero-order valence-corrected chi connectivity index (χ0v) is 15.4. The monoisotopic (exact) mass is 374 g/mol. The molecule has 2 N–H and O–H groups in total. The molecule has 0 saturated heterocycles. The highest BCUT2D eigenvalue weighted by Gasteiger charge is 2.09. The molecule has 0 heterocycles. The van der Waals surface area contributed by atoms with Gasteiger partial charge in [0.05, 0.1) is 6.61 Å². The van der Waals surface area contributed by atoms with Crippen molar-refractivity contribution in [1.29, 1.82) is 0 Å². The van der Waals surface area contributed by atoms with Crippen LogP contribution in [0.15, 0.2) is 42.5 Å². The number of nitrogens with one attached hydrogen (secondary N) is 2. The van der Waals surface area contributed by atoms with E-state index in [0.29, 0.717) is 23.7 Å². The molecule has 0 radical (unpaired) electrons. The summed E-state index contributed by atoms with van der Waals surface area (Å²) in [4.78, 5) is 23.8. The van der Waals surface area contributed by atoms with Gasteiger partial charge in [0.15, 0.2) is 18.1 Å². The molecule has 0 unspecified atom stereocenters. The lowest BCUT2D eigenvalue weighted by molar-refractivity contribution is -0.123. The molecule has 2 aromatic carbocycles. The van der Waals surface area contributed by atoms with Gasteiger partial charge in [-0.3, -0.25) is 9.59 Å². The maximum absolute atomic E-state index is 13.5. The predicted molar refractivity (Wildman–Crippen MR) is 99.6 cm³/mol. The average Bonchev–Trinajstić information content (AvgIpc) is 2.66. The number of aryl methyl sites for hydroxylation is 1. The molecule has 0 saturated carbocycles. The molecule has 0 fully saturated rings. The first kappa shape index (κ1) is 20.2. The molecule has 2 aromatic rings. The Labute approximate surface area is 157 Å². The van der Waals surface area contributed by atoms with Crippen LogP contribution in [0, 0.1) is 12.7 Å².